The summed E-state index contributed by atoms with van der Waals surface area (Å²) >= 11 is 2.59. The van der Waals surface area contributed by atoms with Crippen LogP contribution in [0.15, 0.2) is 32.8 Å². The van der Waals surface area contributed by atoms with Crippen LogP contribution < -0.4 is 0 Å². The third kappa shape index (κ3) is 4.78. The van der Waals surface area contributed by atoms with Crippen molar-refractivity contribution in [2.75, 3.05) is 6.61 Å². The molecule has 0 spiro atoms. The number of nitro groups is 1. The Kier molecular flexibility index (Phi) is 6.28. The molecule has 0 unspecified atom stereocenters. The van der Waals surface area contributed by atoms with Gasteiger partial charge >= 0.3 is 5.97 Å². The van der Waals surface area contributed by atoms with Crippen LogP contribution >= 0.6 is 23.1 Å². The molecule has 0 atom stereocenters. The molecule has 0 bridgehead atoms. The van der Waals surface area contributed by atoms with Crippen molar-refractivity contribution in [1.82, 2.24) is 4.98 Å². The molecule has 2 aromatic rings. The van der Waals surface area contributed by atoms with Crippen molar-refractivity contribution in [2.45, 2.75) is 29.0 Å². The van der Waals surface area contributed by atoms with Gasteiger partial charge in [0.1, 0.15) is 0 Å². The van der Waals surface area contributed by atoms with Gasteiger partial charge in [-0.3, -0.25) is 10.1 Å². The van der Waals surface area contributed by atoms with Crippen LogP contribution in [0.5, 0.6) is 0 Å². The van der Waals surface area contributed by atoms with E-state index in [0.29, 0.717) is 15.7 Å². The summed E-state index contributed by atoms with van der Waals surface area (Å²) < 4.78 is 5.69. The van der Waals surface area contributed by atoms with Gasteiger partial charge < -0.3 is 4.74 Å². The fraction of sp³-hybridized carbons (Fsp3) is 0.267. The third-order valence-electron chi connectivity index (χ3n) is 2.85. The first-order valence-corrected chi connectivity index (χ1v) is 8.63. The first kappa shape index (κ1) is 17.9. The molecule has 0 amide bonds. The molecule has 0 aliphatic rings. The number of rotatable bonds is 7. The zero-order valence-corrected chi connectivity index (χ0v) is 14.4. The predicted octanol–water partition coefficient (Wildman–Crippen LogP) is 3.97. The summed E-state index contributed by atoms with van der Waals surface area (Å²) in [6.07, 6.45) is 0.720. The highest BCUT2D eigenvalue weighted by atomic mass is 32.2. The molecule has 24 heavy (non-hydrogen) atoms. The second kappa shape index (κ2) is 8.42. The lowest BCUT2D eigenvalue weighted by molar-refractivity contribution is -0.387. The molecule has 0 radical (unpaired) electrons. The maximum absolute atomic E-state index is 11.9. The summed E-state index contributed by atoms with van der Waals surface area (Å²) in [6, 6.07) is 6.16. The normalized spacial score (nSPS) is 10.2. The number of nitro benzene ring substituents is 1. The zero-order valence-electron chi connectivity index (χ0n) is 12.7. The van der Waals surface area contributed by atoms with E-state index in [1.54, 1.807) is 0 Å². The number of ether oxygens (including phenoxy) is 1. The molecule has 0 aliphatic heterocycles. The number of nitriles is 1. The Morgan fingerprint density at radius 1 is 1.54 bits per heavy atom. The molecule has 1 heterocycles. The van der Waals surface area contributed by atoms with Gasteiger partial charge in [-0.15, -0.1) is 11.3 Å². The molecule has 1 aromatic carbocycles. The molecule has 2 rings (SSSR count). The van der Waals surface area contributed by atoms with Crippen LogP contribution in [0.1, 0.15) is 28.9 Å². The minimum atomic E-state index is -0.641. The second-order valence-electron chi connectivity index (χ2n) is 4.69. The number of esters is 1. The van der Waals surface area contributed by atoms with E-state index >= 15 is 0 Å². The summed E-state index contributed by atoms with van der Waals surface area (Å²) in [5.74, 6) is -0.641. The lowest BCUT2D eigenvalue weighted by Gasteiger charge is -2.05. The van der Waals surface area contributed by atoms with Gasteiger partial charge in [0.2, 0.25) is 0 Å². The van der Waals surface area contributed by atoms with Gasteiger partial charge in [0.25, 0.3) is 5.69 Å². The van der Waals surface area contributed by atoms with Gasteiger partial charge in [0, 0.05) is 23.6 Å². The second-order valence-corrected chi connectivity index (χ2v) is 6.84. The van der Waals surface area contributed by atoms with Crippen molar-refractivity contribution < 1.29 is 14.5 Å². The van der Waals surface area contributed by atoms with E-state index in [-0.39, 0.29) is 24.3 Å². The molecule has 124 valence electrons. The Labute approximate surface area is 146 Å². The van der Waals surface area contributed by atoms with E-state index < -0.39 is 10.9 Å². The summed E-state index contributed by atoms with van der Waals surface area (Å²) in [5.41, 5.74) is 0.792. The monoisotopic (exact) mass is 363 g/mol. The highest BCUT2D eigenvalue weighted by Gasteiger charge is 2.20. The number of aryl methyl sites for hydroxylation is 1. The SMILES string of the molecule is Cc1csc(Sc2ccc(C(=O)OCCCC#N)cc2[N+](=O)[O-])n1. The summed E-state index contributed by atoms with van der Waals surface area (Å²) in [6.45, 7) is 1.95. The number of aromatic nitrogens is 1. The highest BCUT2D eigenvalue weighted by molar-refractivity contribution is 8.01. The Bertz CT molecular complexity index is 798. The Morgan fingerprint density at radius 3 is 2.96 bits per heavy atom. The van der Waals surface area contributed by atoms with E-state index in [1.165, 1.54) is 41.3 Å². The van der Waals surface area contributed by atoms with Gasteiger partial charge in [-0.05, 0) is 25.5 Å². The minimum Gasteiger partial charge on any atom is -0.462 e. The molecule has 0 saturated heterocycles. The largest absolute Gasteiger partial charge is 0.462 e. The van der Waals surface area contributed by atoms with Gasteiger partial charge in [0.05, 0.1) is 28.1 Å². The average Bonchev–Trinajstić information content (AvgIpc) is 2.96. The standard InChI is InChI=1S/C15H13N3O4S2/c1-10-9-23-15(17-10)24-13-5-4-11(8-12(13)18(20)21)14(19)22-7-3-2-6-16/h4-5,8-9H,2-3,7H2,1H3. The number of thiazole rings is 1. The van der Waals surface area contributed by atoms with Crippen molar-refractivity contribution in [3.63, 3.8) is 0 Å². The topological polar surface area (TPSA) is 106 Å². The van der Waals surface area contributed by atoms with E-state index in [4.69, 9.17) is 10.00 Å². The van der Waals surface area contributed by atoms with E-state index in [2.05, 4.69) is 4.98 Å². The van der Waals surface area contributed by atoms with Crippen LogP contribution in [0.3, 0.4) is 0 Å². The molecule has 9 heteroatoms. The van der Waals surface area contributed by atoms with Gasteiger partial charge in [0.15, 0.2) is 4.34 Å². The van der Waals surface area contributed by atoms with Crippen LogP contribution in [0.4, 0.5) is 5.69 Å². The molecule has 0 N–H and O–H groups in total. The zero-order chi connectivity index (χ0) is 17.5. The smallest absolute Gasteiger partial charge is 0.338 e. The maximum Gasteiger partial charge on any atom is 0.338 e. The van der Waals surface area contributed by atoms with E-state index in [1.807, 2.05) is 18.4 Å². The Hall–Kier alpha value is -2.44. The lowest BCUT2D eigenvalue weighted by Crippen LogP contribution is -2.07. The lowest BCUT2D eigenvalue weighted by atomic mass is 10.2. The van der Waals surface area contributed by atoms with E-state index in [9.17, 15) is 14.9 Å². The molecular weight excluding hydrogens is 350 g/mol. The molecule has 1 aromatic heterocycles. The number of carbonyl (C=O) groups excluding carboxylic acids is 1. The van der Waals surface area contributed by atoms with Gasteiger partial charge in [-0.25, -0.2) is 9.78 Å². The van der Waals surface area contributed by atoms with Gasteiger partial charge in [-0.1, -0.05) is 11.8 Å². The van der Waals surface area contributed by atoms with Crippen LogP contribution in [0.25, 0.3) is 0 Å². The summed E-state index contributed by atoms with van der Waals surface area (Å²) in [5, 5.41) is 21.6. The molecule has 0 fully saturated rings. The number of carbonyl (C=O) groups is 1. The number of unbranched alkanes of at least 4 members (excludes halogenated alkanes) is 1. The predicted molar refractivity (Wildman–Crippen MR) is 89.2 cm³/mol. The quantitative estimate of drug-likeness (QED) is 0.317. The Balaban J connectivity index is 2.15. The number of hydrogen-bond acceptors (Lipinski definition) is 8. The molecule has 7 nitrogen and oxygen atoms in total. The van der Waals surface area contributed by atoms with Crippen LogP contribution in [0, 0.1) is 28.4 Å². The molecule has 0 saturated carbocycles. The first-order valence-electron chi connectivity index (χ1n) is 6.93. The van der Waals surface area contributed by atoms with Crippen molar-refractivity contribution in [2.24, 2.45) is 0 Å². The molecular formula is C15H13N3O4S2. The minimum absolute atomic E-state index is 0.106. The fourth-order valence-electron chi connectivity index (χ4n) is 1.75. The van der Waals surface area contributed by atoms with Crippen LogP contribution in [0.2, 0.25) is 0 Å². The van der Waals surface area contributed by atoms with Crippen molar-refractivity contribution in [1.29, 1.82) is 5.26 Å². The highest BCUT2D eigenvalue weighted by Crippen LogP contribution is 2.36. The third-order valence-corrected chi connectivity index (χ3v) is 4.97. The number of benzene rings is 1. The maximum atomic E-state index is 11.9. The molecule has 0 aliphatic carbocycles. The van der Waals surface area contributed by atoms with E-state index in [0.717, 1.165) is 5.69 Å². The van der Waals surface area contributed by atoms with Crippen LogP contribution in [-0.4, -0.2) is 22.5 Å². The fourth-order valence-corrected chi connectivity index (χ4v) is 3.62. The van der Waals surface area contributed by atoms with Crippen LogP contribution in [-0.2, 0) is 4.74 Å². The first-order chi connectivity index (χ1) is 11.5. The number of hydrogen-bond donors (Lipinski definition) is 0. The van der Waals surface area contributed by atoms with Crippen molar-refractivity contribution in [3.8, 4) is 6.07 Å². The Morgan fingerprint density at radius 2 is 2.33 bits per heavy atom. The summed E-state index contributed by atoms with van der Waals surface area (Å²) in [4.78, 5) is 27.3. The number of nitrogens with zero attached hydrogens (tertiary/aromatic N) is 3. The van der Waals surface area contributed by atoms with Crippen molar-refractivity contribution >= 4 is 34.8 Å². The summed E-state index contributed by atoms with van der Waals surface area (Å²) in [7, 11) is 0. The van der Waals surface area contributed by atoms with Crippen molar-refractivity contribution in [3.05, 3.63) is 45.0 Å². The average molecular weight is 363 g/mol. The van der Waals surface area contributed by atoms with Gasteiger partial charge in [-0.2, -0.15) is 5.26 Å².